The van der Waals surface area contributed by atoms with Crippen LogP contribution in [0.15, 0.2) is 6.20 Å². The van der Waals surface area contributed by atoms with E-state index in [1.165, 1.54) is 28.9 Å². The van der Waals surface area contributed by atoms with Crippen molar-refractivity contribution in [3.63, 3.8) is 0 Å². The molecule has 24 heavy (non-hydrogen) atoms. The van der Waals surface area contributed by atoms with Crippen molar-refractivity contribution < 1.29 is 0 Å². The maximum Gasteiger partial charge on any atom is 0.225 e. The lowest BCUT2D eigenvalue weighted by molar-refractivity contribution is 0.451. The molecule has 0 radical (unpaired) electrons. The second-order valence-electron chi connectivity index (χ2n) is 6.76. The number of hydrogen-bond acceptors (Lipinski definition) is 5. The van der Waals surface area contributed by atoms with E-state index < -0.39 is 0 Å². The van der Waals surface area contributed by atoms with Gasteiger partial charge in [0.1, 0.15) is 0 Å². The van der Waals surface area contributed by atoms with Gasteiger partial charge in [0.15, 0.2) is 0 Å². The predicted molar refractivity (Wildman–Crippen MR) is 96.3 cm³/mol. The second kappa shape index (κ2) is 6.89. The van der Waals surface area contributed by atoms with Gasteiger partial charge in [0, 0.05) is 56.2 Å². The van der Waals surface area contributed by atoms with Crippen LogP contribution in [0.1, 0.15) is 54.0 Å². The number of aromatic nitrogens is 4. The molecule has 0 amide bonds. The van der Waals surface area contributed by atoms with E-state index in [0.29, 0.717) is 6.04 Å². The molecule has 130 valence electrons. The molecule has 1 unspecified atom stereocenters. The molecule has 2 heterocycles. The molecule has 0 fully saturated rings. The van der Waals surface area contributed by atoms with Gasteiger partial charge in [-0.25, -0.2) is 9.97 Å². The third kappa shape index (κ3) is 3.15. The summed E-state index contributed by atoms with van der Waals surface area (Å²) in [6.45, 7) is 8.14. The summed E-state index contributed by atoms with van der Waals surface area (Å²) in [6.07, 6.45) is 5.35. The van der Waals surface area contributed by atoms with E-state index in [1.807, 2.05) is 25.2 Å². The third-order valence-corrected chi connectivity index (χ3v) is 4.93. The summed E-state index contributed by atoms with van der Waals surface area (Å²) in [4.78, 5) is 11.2. The number of nitrogens with zero attached hydrogens (tertiary/aromatic N) is 5. The number of anilines is 1. The average molecular weight is 328 g/mol. The number of nitrogens with one attached hydrogen (secondary N) is 1. The zero-order valence-corrected chi connectivity index (χ0v) is 15.4. The Hall–Kier alpha value is -1.95. The van der Waals surface area contributed by atoms with Crippen LogP contribution in [0.2, 0.25) is 0 Å². The van der Waals surface area contributed by atoms with E-state index in [-0.39, 0.29) is 0 Å². The van der Waals surface area contributed by atoms with Crippen molar-refractivity contribution >= 4 is 5.95 Å². The Balaban J connectivity index is 1.77. The highest BCUT2D eigenvalue weighted by molar-refractivity contribution is 5.34. The van der Waals surface area contributed by atoms with Crippen molar-refractivity contribution in [3.8, 4) is 0 Å². The molecule has 0 spiro atoms. The largest absolute Gasteiger partial charge is 0.347 e. The van der Waals surface area contributed by atoms with Crippen molar-refractivity contribution in [1.29, 1.82) is 0 Å². The lowest BCUT2D eigenvalue weighted by Gasteiger charge is -2.26. The number of hydrogen-bond donors (Lipinski definition) is 1. The fraction of sp³-hybridized carbons (Fsp3) is 0.611. The van der Waals surface area contributed by atoms with E-state index in [2.05, 4.69) is 40.9 Å². The van der Waals surface area contributed by atoms with Crippen LogP contribution in [0.5, 0.6) is 0 Å². The maximum atomic E-state index is 4.73. The molecule has 6 heteroatoms. The van der Waals surface area contributed by atoms with Gasteiger partial charge in [-0.05, 0) is 40.0 Å². The Morgan fingerprint density at radius 3 is 2.79 bits per heavy atom. The molecular formula is C18H28N6. The highest BCUT2D eigenvalue weighted by Gasteiger charge is 2.23. The van der Waals surface area contributed by atoms with E-state index in [4.69, 9.17) is 4.98 Å². The lowest BCUT2D eigenvalue weighted by Crippen LogP contribution is -2.27. The molecule has 0 aliphatic heterocycles. The minimum atomic E-state index is 0.328. The van der Waals surface area contributed by atoms with E-state index >= 15 is 0 Å². The highest BCUT2D eigenvalue weighted by Crippen LogP contribution is 2.29. The van der Waals surface area contributed by atoms with Gasteiger partial charge < -0.3 is 10.2 Å². The molecule has 0 saturated carbocycles. The van der Waals surface area contributed by atoms with Gasteiger partial charge in [0.05, 0.1) is 11.4 Å². The van der Waals surface area contributed by atoms with E-state index in [0.717, 1.165) is 37.6 Å². The first-order valence-corrected chi connectivity index (χ1v) is 8.80. The average Bonchev–Trinajstić information content (AvgIpc) is 2.86. The van der Waals surface area contributed by atoms with Gasteiger partial charge in [-0.15, -0.1) is 0 Å². The summed E-state index contributed by atoms with van der Waals surface area (Å²) in [5, 5.41) is 8.33. The highest BCUT2D eigenvalue weighted by atomic mass is 15.3. The number of rotatable bonds is 5. The van der Waals surface area contributed by atoms with Gasteiger partial charge >= 0.3 is 0 Å². The molecule has 0 bridgehead atoms. The summed E-state index contributed by atoms with van der Waals surface area (Å²) in [5.74, 6) is 0.797. The molecule has 1 N–H and O–H groups in total. The zero-order valence-electron chi connectivity index (χ0n) is 15.4. The standard InChI is InChI=1S/C18H28N6/c1-6-24-13(3)14(12(2)22-24)10-19-16-8-7-9-17-15(16)11-20-18(21-17)23(4)5/h11,16,19H,6-10H2,1-5H3. The predicted octanol–water partition coefficient (Wildman–Crippen LogP) is 2.54. The van der Waals surface area contributed by atoms with Gasteiger partial charge in [-0.3, -0.25) is 4.68 Å². The molecule has 0 aromatic carbocycles. The van der Waals surface area contributed by atoms with E-state index in [9.17, 15) is 0 Å². The summed E-state index contributed by atoms with van der Waals surface area (Å²) in [5.41, 5.74) is 6.14. The van der Waals surface area contributed by atoms with Crippen LogP contribution >= 0.6 is 0 Å². The molecule has 1 aliphatic carbocycles. The normalized spacial score (nSPS) is 17.0. The minimum Gasteiger partial charge on any atom is -0.347 e. The molecule has 2 aromatic heterocycles. The van der Waals surface area contributed by atoms with E-state index in [1.54, 1.807) is 0 Å². The fourth-order valence-corrected chi connectivity index (χ4v) is 3.49. The Kier molecular flexibility index (Phi) is 4.85. The summed E-state index contributed by atoms with van der Waals surface area (Å²) < 4.78 is 2.08. The van der Waals surface area contributed by atoms with Crippen molar-refractivity contribution in [2.24, 2.45) is 0 Å². The molecule has 2 aromatic rings. The monoisotopic (exact) mass is 328 g/mol. The first-order valence-electron chi connectivity index (χ1n) is 8.80. The smallest absolute Gasteiger partial charge is 0.225 e. The molecular weight excluding hydrogens is 300 g/mol. The topological polar surface area (TPSA) is 58.9 Å². The van der Waals surface area contributed by atoms with Gasteiger partial charge in [0.25, 0.3) is 0 Å². The summed E-state index contributed by atoms with van der Waals surface area (Å²) in [7, 11) is 3.97. The molecule has 3 rings (SSSR count). The summed E-state index contributed by atoms with van der Waals surface area (Å²) >= 11 is 0. The Bertz CT molecular complexity index is 719. The first-order chi connectivity index (χ1) is 11.5. The van der Waals surface area contributed by atoms with Crippen LogP contribution < -0.4 is 10.2 Å². The van der Waals surface area contributed by atoms with Crippen LogP contribution in [-0.2, 0) is 19.5 Å². The van der Waals surface area contributed by atoms with Crippen molar-refractivity contribution in [2.45, 2.75) is 59.2 Å². The van der Waals surface area contributed by atoms with Crippen LogP contribution in [0, 0.1) is 13.8 Å². The van der Waals surface area contributed by atoms with Crippen molar-refractivity contribution in [3.05, 3.63) is 34.4 Å². The van der Waals surface area contributed by atoms with Crippen molar-refractivity contribution in [2.75, 3.05) is 19.0 Å². The molecule has 1 atom stereocenters. The van der Waals surface area contributed by atoms with Crippen LogP contribution in [0.25, 0.3) is 0 Å². The quantitative estimate of drug-likeness (QED) is 0.914. The number of fused-ring (bicyclic) bond motifs is 1. The Morgan fingerprint density at radius 2 is 2.12 bits per heavy atom. The second-order valence-corrected chi connectivity index (χ2v) is 6.76. The first kappa shape index (κ1) is 16.9. The van der Waals surface area contributed by atoms with Crippen LogP contribution in [-0.4, -0.2) is 33.8 Å². The molecule has 1 aliphatic rings. The molecule has 6 nitrogen and oxygen atoms in total. The SMILES string of the molecule is CCn1nc(C)c(CNC2CCCc3nc(N(C)C)ncc32)c1C. The maximum absolute atomic E-state index is 4.73. The van der Waals surface area contributed by atoms with Gasteiger partial charge in [-0.1, -0.05) is 0 Å². The van der Waals surface area contributed by atoms with Crippen molar-refractivity contribution in [1.82, 2.24) is 25.1 Å². The Labute approximate surface area is 144 Å². The fourth-order valence-electron chi connectivity index (χ4n) is 3.49. The zero-order chi connectivity index (χ0) is 17.3. The van der Waals surface area contributed by atoms with Gasteiger partial charge in [-0.2, -0.15) is 5.10 Å². The third-order valence-electron chi connectivity index (χ3n) is 4.93. The minimum absolute atomic E-state index is 0.328. The van der Waals surface area contributed by atoms with Gasteiger partial charge in [0.2, 0.25) is 5.95 Å². The molecule has 0 saturated heterocycles. The Morgan fingerprint density at radius 1 is 1.33 bits per heavy atom. The lowest BCUT2D eigenvalue weighted by atomic mass is 9.92. The summed E-state index contributed by atoms with van der Waals surface area (Å²) in [6, 6.07) is 0.328. The van der Waals surface area contributed by atoms with Crippen LogP contribution in [0.3, 0.4) is 0 Å². The number of aryl methyl sites for hydroxylation is 3. The van der Waals surface area contributed by atoms with Crippen LogP contribution in [0.4, 0.5) is 5.95 Å².